The molecule has 1 aliphatic rings. The maximum absolute atomic E-state index is 12.9. The van der Waals surface area contributed by atoms with E-state index in [-0.39, 0.29) is 23.2 Å². The van der Waals surface area contributed by atoms with Crippen molar-refractivity contribution in [1.29, 1.82) is 0 Å². The van der Waals surface area contributed by atoms with Crippen molar-refractivity contribution in [3.63, 3.8) is 0 Å². The zero-order valence-electron chi connectivity index (χ0n) is 14.5. The minimum atomic E-state index is -1.06. The van der Waals surface area contributed by atoms with Gasteiger partial charge in [-0.05, 0) is 42.0 Å². The quantitative estimate of drug-likeness (QED) is 0.871. The highest BCUT2D eigenvalue weighted by Gasteiger charge is 2.33. The fourth-order valence-electron chi connectivity index (χ4n) is 2.79. The number of pyridine rings is 1. The van der Waals surface area contributed by atoms with Crippen molar-refractivity contribution in [2.75, 3.05) is 0 Å². The van der Waals surface area contributed by atoms with Gasteiger partial charge in [0.05, 0.1) is 5.56 Å². The summed E-state index contributed by atoms with van der Waals surface area (Å²) in [6, 6.07) is 11.3. The van der Waals surface area contributed by atoms with Crippen LogP contribution in [0.5, 0.6) is 0 Å². The van der Waals surface area contributed by atoms with E-state index < -0.39 is 5.97 Å². The predicted molar refractivity (Wildman–Crippen MR) is 94.6 cm³/mol. The largest absolute Gasteiger partial charge is 0.478 e. The summed E-state index contributed by atoms with van der Waals surface area (Å²) >= 11 is 0. The second-order valence-corrected chi connectivity index (χ2v) is 6.80. The van der Waals surface area contributed by atoms with Crippen LogP contribution < -0.4 is 0 Å². The van der Waals surface area contributed by atoms with Crippen LogP contribution in [0.4, 0.5) is 0 Å². The first kappa shape index (κ1) is 17.1. The second-order valence-electron chi connectivity index (χ2n) is 6.80. The Labute approximate surface area is 147 Å². The van der Waals surface area contributed by atoms with Crippen LogP contribution in [0.25, 0.3) is 0 Å². The molecule has 0 spiro atoms. The second kappa shape index (κ2) is 7.05. The molecule has 25 heavy (non-hydrogen) atoms. The molecule has 1 saturated carbocycles. The smallest absolute Gasteiger partial charge is 0.335 e. The van der Waals surface area contributed by atoms with Gasteiger partial charge in [0.15, 0.2) is 0 Å². The summed E-state index contributed by atoms with van der Waals surface area (Å²) in [6.45, 7) is 4.81. The van der Waals surface area contributed by atoms with E-state index in [4.69, 9.17) is 5.11 Å². The monoisotopic (exact) mass is 338 g/mol. The Balaban J connectivity index is 1.80. The van der Waals surface area contributed by atoms with Gasteiger partial charge in [-0.25, -0.2) is 4.79 Å². The molecule has 1 aliphatic carbocycles. The van der Waals surface area contributed by atoms with Gasteiger partial charge in [-0.2, -0.15) is 0 Å². The maximum atomic E-state index is 12.9. The molecular weight excluding hydrogens is 316 g/mol. The summed E-state index contributed by atoms with van der Waals surface area (Å²) in [6.07, 6.45) is 3.34. The lowest BCUT2D eigenvalue weighted by Gasteiger charge is -2.22. The van der Waals surface area contributed by atoms with Gasteiger partial charge in [-0.3, -0.25) is 9.78 Å². The Bertz CT molecular complexity index is 780. The number of hydrogen-bond donors (Lipinski definition) is 1. The average Bonchev–Trinajstić information content (AvgIpc) is 3.44. The fourth-order valence-corrected chi connectivity index (χ4v) is 2.79. The molecule has 130 valence electrons. The highest BCUT2D eigenvalue weighted by molar-refractivity contribution is 5.96. The van der Waals surface area contributed by atoms with Crippen molar-refractivity contribution in [2.45, 2.75) is 45.2 Å². The van der Waals surface area contributed by atoms with E-state index in [1.54, 1.807) is 4.90 Å². The molecule has 1 heterocycles. The molecule has 2 aromatic rings. The van der Waals surface area contributed by atoms with Gasteiger partial charge in [-0.1, -0.05) is 38.1 Å². The van der Waals surface area contributed by atoms with Crippen molar-refractivity contribution < 1.29 is 14.7 Å². The zero-order valence-corrected chi connectivity index (χ0v) is 14.5. The SMILES string of the molecule is CC(C)c1ccc(CN(C(=O)c2cc(C(=O)O)ccn2)C2CC2)cc1. The molecule has 0 saturated heterocycles. The Morgan fingerprint density at radius 3 is 2.44 bits per heavy atom. The first-order valence-corrected chi connectivity index (χ1v) is 8.55. The third-order valence-electron chi connectivity index (χ3n) is 4.47. The van der Waals surface area contributed by atoms with Crippen molar-refractivity contribution >= 4 is 11.9 Å². The summed E-state index contributed by atoms with van der Waals surface area (Å²) in [5.74, 6) is -0.796. The standard InChI is InChI=1S/C20H22N2O3/c1-13(2)15-5-3-14(4-6-15)12-22(17-7-8-17)19(23)18-11-16(20(24)25)9-10-21-18/h3-6,9-11,13,17H,7-8,12H2,1-2H3,(H,24,25). The van der Waals surface area contributed by atoms with Gasteiger partial charge in [0.1, 0.15) is 5.69 Å². The first-order valence-electron chi connectivity index (χ1n) is 8.55. The number of carboxylic acid groups (broad SMARTS) is 1. The van der Waals surface area contributed by atoms with Crippen LogP contribution >= 0.6 is 0 Å². The lowest BCUT2D eigenvalue weighted by Crippen LogP contribution is -2.33. The number of amides is 1. The number of carbonyl (C=O) groups excluding carboxylic acids is 1. The maximum Gasteiger partial charge on any atom is 0.335 e. The van der Waals surface area contributed by atoms with Gasteiger partial charge in [0, 0.05) is 18.8 Å². The normalized spacial score (nSPS) is 13.7. The van der Waals surface area contributed by atoms with E-state index in [0.717, 1.165) is 18.4 Å². The molecule has 0 atom stereocenters. The number of rotatable bonds is 6. The van der Waals surface area contributed by atoms with Crippen LogP contribution in [0, 0.1) is 0 Å². The van der Waals surface area contributed by atoms with E-state index in [2.05, 4.69) is 43.1 Å². The Morgan fingerprint density at radius 1 is 1.20 bits per heavy atom. The summed E-state index contributed by atoms with van der Waals surface area (Å²) in [4.78, 5) is 29.8. The van der Waals surface area contributed by atoms with Crippen LogP contribution in [-0.4, -0.2) is 32.9 Å². The zero-order chi connectivity index (χ0) is 18.0. The Hall–Kier alpha value is -2.69. The number of aromatic carboxylic acids is 1. The lowest BCUT2D eigenvalue weighted by atomic mass is 10.0. The molecule has 5 nitrogen and oxygen atoms in total. The van der Waals surface area contributed by atoms with E-state index in [9.17, 15) is 9.59 Å². The minimum Gasteiger partial charge on any atom is -0.478 e. The van der Waals surface area contributed by atoms with Gasteiger partial charge < -0.3 is 10.0 Å². The number of hydrogen-bond acceptors (Lipinski definition) is 3. The Morgan fingerprint density at radius 2 is 1.88 bits per heavy atom. The highest BCUT2D eigenvalue weighted by atomic mass is 16.4. The molecule has 1 aromatic carbocycles. The molecule has 0 unspecified atom stereocenters. The molecule has 1 fully saturated rings. The summed E-state index contributed by atoms with van der Waals surface area (Å²) in [5, 5.41) is 9.10. The van der Waals surface area contributed by atoms with Crippen LogP contribution in [0.3, 0.4) is 0 Å². The van der Waals surface area contributed by atoms with Crippen molar-refractivity contribution in [1.82, 2.24) is 9.88 Å². The third kappa shape index (κ3) is 4.05. The summed E-state index contributed by atoms with van der Waals surface area (Å²) in [5.41, 5.74) is 2.60. The average molecular weight is 338 g/mol. The lowest BCUT2D eigenvalue weighted by molar-refractivity contribution is 0.0696. The molecule has 1 aromatic heterocycles. The molecule has 0 bridgehead atoms. The van der Waals surface area contributed by atoms with E-state index in [1.165, 1.54) is 23.9 Å². The van der Waals surface area contributed by atoms with E-state index in [0.29, 0.717) is 12.5 Å². The topological polar surface area (TPSA) is 70.5 Å². The summed E-state index contributed by atoms with van der Waals surface area (Å²) in [7, 11) is 0. The molecule has 3 rings (SSSR count). The minimum absolute atomic E-state index is 0.0791. The number of nitrogens with zero attached hydrogens (tertiary/aromatic N) is 2. The van der Waals surface area contributed by atoms with Gasteiger partial charge in [-0.15, -0.1) is 0 Å². The van der Waals surface area contributed by atoms with Gasteiger partial charge in [0.2, 0.25) is 0 Å². The Kier molecular flexibility index (Phi) is 4.83. The molecule has 1 N–H and O–H groups in total. The molecule has 1 amide bonds. The predicted octanol–water partition coefficient (Wildman–Crippen LogP) is 3.71. The molecule has 0 radical (unpaired) electrons. The van der Waals surface area contributed by atoms with Crippen LogP contribution in [0.2, 0.25) is 0 Å². The van der Waals surface area contributed by atoms with E-state index >= 15 is 0 Å². The molecular formula is C20H22N2O3. The van der Waals surface area contributed by atoms with Crippen molar-refractivity contribution in [3.8, 4) is 0 Å². The van der Waals surface area contributed by atoms with E-state index in [1.807, 2.05) is 0 Å². The molecule has 0 aliphatic heterocycles. The van der Waals surface area contributed by atoms with Gasteiger partial charge in [0.25, 0.3) is 5.91 Å². The van der Waals surface area contributed by atoms with Crippen LogP contribution in [0.1, 0.15) is 64.6 Å². The van der Waals surface area contributed by atoms with Crippen LogP contribution in [-0.2, 0) is 6.54 Å². The highest BCUT2D eigenvalue weighted by Crippen LogP contribution is 2.30. The third-order valence-corrected chi connectivity index (χ3v) is 4.47. The van der Waals surface area contributed by atoms with Crippen molar-refractivity contribution in [2.24, 2.45) is 0 Å². The number of carboxylic acids is 1. The first-order chi connectivity index (χ1) is 12.0. The number of benzene rings is 1. The van der Waals surface area contributed by atoms with Gasteiger partial charge >= 0.3 is 5.97 Å². The van der Waals surface area contributed by atoms with Crippen molar-refractivity contribution in [3.05, 3.63) is 65.0 Å². The molecule has 5 heteroatoms. The summed E-state index contributed by atoms with van der Waals surface area (Å²) < 4.78 is 0. The fraction of sp³-hybridized carbons (Fsp3) is 0.350. The number of aromatic nitrogens is 1. The van der Waals surface area contributed by atoms with Crippen LogP contribution in [0.15, 0.2) is 42.6 Å². The number of carbonyl (C=O) groups is 2.